The standard InChI is InChI=1S/C22H30N4O4S/c1-3-6-16(2)26-31(28,29)19-10-11-21(24-15-19)23-14-17-7-4-8-18(13-17)25-22(27)20-9-5-12-30-20/h4,7-8,10-11,13,15-16,20,26H,3,5-6,9,12,14H2,1-2H3,(H,23,24)(H,25,27). The van der Waals surface area contributed by atoms with Crippen molar-refractivity contribution in [3.63, 3.8) is 0 Å². The number of ether oxygens (including phenoxy) is 1. The van der Waals surface area contributed by atoms with E-state index >= 15 is 0 Å². The maximum Gasteiger partial charge on any atom is 0.253 e. The molecule has 1 aromatic carbocycles. The van der Waals surface area contributed by atoms with Gasteiger partial charge in [-0.25, -0.2) is 18.1 Å². The normalized spacial score (nSPS) is 17.3. The summed E-state index contributed by atoms with van der Waals surface area (Å²) in [6.07, 6.45) is 4.31. The van der Waals surface area contributed by atoms with Gasteiger partial charge in [-0.1, -0.05) is 25.5 Å². The molecule has 3 N–H and O–H groups in total. The number of rotatable bonds is 10. The van der Waals surface area contributed by atoms with Crippen LogP contribution in [0.25, 0.3) is 0 Å². The van der Waals surface area contributed by atoms with E-state index in [-0.39, 0.29) is 22.9 Å². The van der Waals surface area contributed by atoms with Crippen LogP contribution in [0.2, 0.25) is 0 Å². The smallest absolute Gasteiger partial charge is 0.253 e. The summed E-state index contributed by atoms with van der Waals surface area (Å²) in [4.78, 5) is 16.6. The lowest BCUT2D eigenvalue weighted by Crippen LogP contribution is -2.32. The highest BCUT2D eigenvalue weighted by Crippen LogP contribution is 2.17. The Bertz CT molecular complexity index is 973. The minimum absolute atomic E-state index is 0.122. The molecule has 9 heteroatoms. The first-order chi connectivity index (χ1) is 14.9. The number of nitrogens with zero attached hydrogens (tertiary/aromatic N) is 1. The maximum absolute atomic E-state index is 12.4. The lowest BCUT2D eigenvalue weighted by molar-refractivity contribution is -0.124. The third-order valence-electron chi connectivity index (χ3n) is 5.01. The number of pyridine rings is 1. The van der Waals surface area contributed by atoms with E-state index in [0.717, 1.165) is 31.2 Å². The van der Waals surface area contributed by atoms with Gasteiger partial charge in [0.1, 0.15) is 16.8 Å². The average Bonchev–Trinajstić information content (AvgIpc) is 3.28. The summed E-state index contributed by atoms with van der Waals surface area (Å²) in [5.74, 6) is 0.442. The molecule has 1 amide bonds. The first kappa shape index (κ1) is 23.2. The molecular formula is C22H30N4O4S. The van der Waals surface area contributed by atoms with Crippen molar-refractivity contribution in [3.05, 3.63) is 48.2 Å². The molecule has 8 nitrogen and oxygen atoms in total. The molecule has 1 aliphatic heterocycles. The van der Waals surface area contributed by atoms with E-state index in [9.17, 15) is 13.2 Å². The summed E-state index contributed by atoms with van der Waals surface area (Å²) < 4.78 is 32.9. The van der Waals surface area contributed by atoms with Gasteiger partial charge in [0, 0.05) is 31.1 Å². The highest BCUT2D eigenvalue weighted by molar-refractivity contribution is 7.89. The molecule has 0 bridgehead atoms. The molecule has 0 radical (unpaired) electrons. The van der Waals surface area contributed by atoms with Gasteiger partial charge in [-0.3, -0.25) is 4.79 Å². The highest BCUT2D eigenvalue weighted by Gasteiger charge is 2.23. The van der Waals surface area contributed by atoms with E-state index in [1.165, 1.54) is 12.3 Å². The maximum atomic E-state index is 12.4. The van der Waals surface area contributed by atoms with Crippen molar-refractivity contribution in [2.75, 3.05) is 17.2 Å². The average molecular weight is 447 g/mol. The molecule has 0 spiro atoms. The van der Waals surface area contributed by atoms with Gasteiger partial charge >= 0.3 is 0 Å². The Morgan fingerprint density at radius 3 is 2.81 bits per heavy atom. The molecule has 1 aliphatic rings. The van der Waals surface area contributed by atoms with E-state index in [4.69, 9.17) is 4.74 Å². The lowest BCUT2D eigenvalue weighted by atomic mass is 10.2. The van der Waals surface area contributed by atoms with Crippen molar-refractivity contribution in [2.45, 2.75) is 63.1 Å². The zero-order valence-corrected chi connectivity index (χ0v) is 18.7. The second-order valence-electron chi connectivity index (χ2n) is 7.73. The summed E-state index contributed by atoms with van der Waals surface area (Å²) in [5, 5.41) is 6.06. The van der Waals surface area contributed by atoms with Gasteiger partial charge in [0.05, 0.1) is 0 Å². The SMILES string of the molecule is CCCC(C)NS(=O)(=O)c1ccc(NCc2cccc(NC(=O)C3CCCO3)c2)nc1. The Morgan fingerprint density at radius 1 is 1.29 bits per heavy atom. The molecule has 3 rings (SSSR count). The fourth-order valence-corrected chi connectivity index (χ4v) is 4.65. The highest BCUT2D eigenvalue weighted by atomic mass is 32.2. The number of carbonyl (C=O) groups is 1. The fourth-order valence-electron chi connectivity index (χ4n) is 3.43. The Hall–Kier alpha value is -2.49. The van der Waals surface area contributed by atoms with Crippen molar-refractivity contribution in [1.82, 2.24) is 9.71 Å². The van der Waals surface area contributed by atoms with Crippen molar-refractivity contribution in [2.24, 2.45) is 0 Å². The zero-order chi connectivity index (χ0) is 22.3. The zero-order valence-electron chi connectivity index (χ0n) is 17.9. The largest absolute Gasteiger partial charge is 0.368 e. The van der Waals surface area contributed by atoms with Crippen LogP contribution in [0.15, 0.2) is 47.5 Å². The Balaban J connectivity index is 1.56. The second-order valence-corrected chi connectivity index (χ2v) is 9.45. The van der Waals surface area contributed by atoms with Gasteiger partial charge < -0.3 is 15.4 Å². The Morgan fingerprint density at radius 2 is 2.13 bits per heavy atom. The number of nitrogens with one attached hydrogen (secondary N) is 3. The molecule has 168 valence electrons. The molecule has 2 heterocycles. The lowest BCUT2D eigenvalue weighted by Gasteiger charge is -2.14. The molecule has 0 saturated carbocycles. The van der Waals surface area contributed by atoms with E-state index in [1.807, 2.05) is 38.1 Å². The number of aromatic nitrogens is 1. The number of benzene rings is 1. The van der Waals surface area contributed by atoms with Crippen LogP contribution in [0.5, 0.6) is 0 Å². The van der Waals surface area contributed by atoms with Crippen molar-refractivity contribution < 1.29 is 17.9 Å². The van der Waals surface area contributed by atoms with Gasteiger partial charge in [0.25, 0.3) is 5.91 Å². The van der Waals surface area contributed by atoms with E-state index < -0.39 is 10.0 Å². The molecular weight excluding hydrogens is 416 g/mol. The van der Waals surface area contributed by atoms with Crippen LogP contribution in [0.4, 0.5) is 11.5 Å². The second kappa shape index (κ2) is 10.7. The first-order valence-electron chi connectivity index (χ1n) is 10.6. The number of hydrogen-bond acceptors (Lipinski definition) is 6. The molecule has 1 fully saturated rings. The summed E-state index contributed by atoms with van der Waals surface area (Å²) in [5.41, 5.74) is 1.67. The number of amides is 1. The summed E-state index contributed by atoms with van der Waals surface area (Å²) in [6, 6.07) is 10.6. The summed E-state index contributed by atoms with van der Waals surface area (Å²) >= 11 is 0. The number of hydrogen-bond donors (Lipinski definition) is 3. The van der Waals surface area contributed by atoms with Crippen LogP contribution in [0, 0.1) is 0 Å². The number of carbonyl (C=O) groups excluding carboxylic acids is 1. The van der Waals surface area contributed by atoms with Gasteiger partial charge in [0.2, 0.25) is 10.0 Å². The van der Waals surface area contributed by atoms with Crippen LogP contribution < -0.4 is 15.4 Å². The van der Waals surface area contributed by atoms with Crippen molar-refractivity contribution in [3.8, 4) is 0 Å². The van der Waals surface area contributed by atoms with Crippen molar-refractivity contribution in [1.29, 1.82) is 0 Å². The summed E-state index contributed by atoms with van der Waals surface area (Å²) in [6.45, 7) is 4.97. The van der Waals surface area contributed by atoms with Gasteiger partial charge in [-0.05, 0) is 56.0 Å². The quantitative estimate of drug-likeness (QED) is 0.517. The van der Waals surface area contributed by atoms with Crippen LogP contribution >= 0.6 is 0 Å². The Labute approximate surface area is 183 Å². The third kappa shape index (κ3) is 6.75. The molecule has 2 aromatic rings. The van der Waals surface area contributed by atoms with Gasteiger partial charge in [0.15, 0.2) is 0 Å². The molecule has 2 unspecified atom stereocenters. The molecule has 2 atom stereocenters. The van der Waals surface area contributed by atoms with E-state index in [2.05, 4.69) is 20.3 Å². The predicted molar refractivity (Wildman–Crippen MR) is 120 cm³/mol. The topological polar surface area (TPSA) is 109 Å². The van der Waals surface area contributed by atoms with Crippen molar-refractivity contribution >= 4 is 27.4 Å². The van der Waals surface area contributed by atoms with Crippen LogP contribution in [0.3, 0.4) is 0 Å². The minimum Gasteiger partial charge on any atom is -0.368 e. The molecule has 31 heavy (non-hydrogen) atoms. The number of sulfonamides is 1. The van der Waals surface area contributed by atoms with Crippen LogP contribution in [0.1, 0.15) is 45.1 Å². The number of anilines is 2. The Kier molecular flexibility index (Phi) is 8.00. The molecule has 1 aromatic heterocycles. The van der Waals surface area contributed by atoms with E-state index in [0.29, 0.717) is 24.7 Å². The fraction of sp³-hybridized carbons (Fsp3) is 0.455. The first-order valence-corrected chi connectivity index (χ1v) is 12.1. The van der Waals surface area contributed by atoms with Crippen LogP contribution in [-0.2, 0) is 26.1 Å². The third-order valence-corrected chi connectivity index (χ3v) is 6.59. The van der Waals surface area contributed by atoms with Crippen LogP contribution in [-0.4, -0.2) is 38.1 Å². The van der Waals surface area contributed by atoms with Gasteiger partial charge in [-0.2, -0.15) is 0 Å². The summed E-state index contributed by atoms with van der Waals surface area (Å²) in [7, 11) is -3.58. The molecule has 1 saturated heterocycles. The predicted octanol–water partition coefficient (Wildman–Crippen LogP) is 3.28. The molecule has 0 aliphatic carbocycles. The monoisotopic (exact) mass is 446 g/mol. The van der Waals surface area contributed by atoms with Gasteiger partial charge in [-0.15, -0.1) is 0 Å². The minimum atomic E-state index is -3.58. The van der Waals surface area contributed by atoms with E-state index in [1.54, 1.807) is 6.07 Å².